The summed E-state index contributed by atoms with van der Waals surface area (Å²) < 4.78 is 10.8. The summed E-state index contributed by atoms with van der Waals surface area (Å²) in [5.41, 5.74) is 3.38. The van der Waals surface area contributed by atoms with Gasteiger partial charge in [-0.05, 0) is 54.1 Å². The fourth-order valence-electron chi connectivity index (χ4n) is 3.37. The molecule has 8 heteroatoms. The molecule has 0 aliphatic carbocycles. The molecule has 35 heavy (non-hydrogen) atoms. The molecule has 0 atom stereocenters. The lowest BCUT2D eigenvalue weighted by Crippen LogP contribution is -2.28. The first-order valence-corrected chi connectivity index (χ1v) is 11.0. The fourth-order valence-corrected chi connectivity index (χ4v) is 3.37. The number of carbonyl (C=O) groups is 2. The van der Waals surface area contributed by atoms with Gasteiger partial charge in [0.15, 0.2) is 12.0 Å². The number of rotatable bonds is 8. The van der Waals surface area contributed by atoms with E-state index in [1.807, 2.05) is 43.3 Å². The van der Waals surface area contributed by atoms with E-state index in [0.717, 1.165) is 11.3 Å². The summed E-state index contributed by atoms with van der Waals surface area (Å²) in [4.78, 5) is 38.4. The van der Waals surface area contributed by atoms with Crippen molar-refractivity contribution in [2.24, 2.45) is 0 Å². The van der Waals surface area contributed by atoms with Gasteiger partial charge in [0.1, 0.15) is 11.3 Å². The molecule has 0 fully saturated rings. The van der Waals surface area contributed by atoms with Crippen molar-refractivity contribution in [3.63, 3.8) is 0 Å². The Balaban J connectivity index is 1.25. The zero-order chi connectivity index (χ0) is 24.8. The monoisotopic (exact) mass is 471 g/mol. The standard InChI is InChI=1S/C27H25N3O5/c1-30(2)21-9-5-19(6-10-21)27(33)29-20-7-3-18(4-8-20)16-28-26(32)17-35-22-11-12-23-24(31)13-14-34-25(23)15-22/h3-15H,16-17H2,1-2H3,(H,28,32)(H,29,33). The lowest BCUT2D eigenvalue weighted by atomic mass is 10.1. The number of hydrogen-bond donors (Lipinski definition) is 2. The predicted molar refractivity (Wildman–Crippen MR) is 135 cm³/mol. The van der Waals surface area contributed by atoms with Crippen LogP contribution in [0.15, 0.2) is 88.3 Å². The molecule has 1 aromatic heterocycles. The van der Waals surface area contributed by atoms with Crippen LogP contribution in [0.5, 0.6) is 5.75 Å². The number of fused-ring (bicyclic) bond motifs is 1. The Bertz CT molecular complexity index is 1390. The Morgan fingerprint density at radius 3 is 2.40 bits per heavy atom. The van der Waals surface area contributed by atoms with Crippen LogP contribution in [0, 0.1) is 0 Å². The maximum Gasteiger partial charge on any atom is 0.258 e. The number of hydrogen-bond acceptors (Lipinski definition) is 6. The van der Waals surface area contributed by atoms with E-state index in [1.165, 1.54) is 12.3 Å². The van der Waals surface area contributed by atoms with E-state index >= 15 is 0 Å². The van der Waals surface area contributed by atoms with E-state index in [9.17, 15) is 14.4 Å². The van der Waals surface area contributed by atoms with Crippen molar-refractivity contribution >= 4 is 34.2 Å². The fraction of sp³-hybridized carbons (Fsp3) is 0.148. The van der Waals surface area contributed by atoms with Gasteiger partial charge in [0.05, 0.1) is 11.6 Å². The van der Waals surface area contributed by atoms with Gasteiger partial charge in [-0.25, -0.2) is 0 Å². The average molecular weight is 472 g/mol. The van der Waals surface area contributed by atoms with Crippen molar-refractivity contribution in [2.45, 2.75) is 6.54 Å². The molecule has 2 N–H and O–H groups in total. The Kier molecular flexibility index (Phi) is 7.11. The van der Waals surface area contributed by atoms with Gasteiger partial charge in [-0.15, -0.1) is 0 Å². The summed E-state index contributed by atoms with van der Waals surface area (Å²) in [6, 6.07) is 20.7. The van der Waals surface area contributed by atoms with Crippen LogP contribution in [0.3, 0.4) is 0 Å². The lowest BCUT2D eigenvalue weighted by Gasteiger charge is -2.13. The minimum absolute atomic E-state index is 0.139. The molecule has 4 rings (SSSR count). The van der Waals surface area contributed by atoms with Crippen LogP contribution in [0.2, 0.25) is 0 Å². The van der Waals surface area contributed by atoms with Crippen molar-refractivity contribution in [2.75, 3.05) is 30.9 Å². The Morgan fingerprint density at radius 2 is 1.69 bits per heavy atom. The van der Waals surface area contributed by atoms with Gasteiger partial charge in [0, 0.05) is 49.7 Å². The highest BCUT2D eigenvalue weighted by Crippen LogP contribution is 2.18. The minimum atomic E-state index is -0.293. The molecule has 0 aliphatic heterocycles. The molecule has 4 aromatic rings. The van der Waals surface area contributed by atoms with Crippen molar-refractivity contribution in [3.8, 4) is 5.75 Å². The number of carbonyl (C=O) groups excluding carboxylic acids is 2. The van der Waals surface area contributed by atoms with Crippen molar-refractivity contribution in [1.82, 2.24) is 5.32 Å². The molecular weight excluding hydrogens is 446 g/mol. The van der Waals surface area contributed by atoms with Crippen LogP contribution >= 0.6 is 0 Å². The summed E-state index contributed by atoms with van der Waals surface area (Å²) in [7, 11) is 3.89. The molecule has 178 valence electrons. The molecule has 3 aromatic carbocycles. The number of anilines is 2. The van der Waals surface area contributed by atoms with E-state index in [0.29, 0.717) is 34.5 Å². The van der Waals surface area contributed by atoms with E-state index in [-0.39, 0.29) is 23.9 Å². The van der Waals surface area contributed by atoms with Gasteiger partial charge < -0.3 is 24.7 Å². The number of benzene rings is 3. The topological polar surface area (TPSA) is 101 Å². The van der Waals surface area contributed by atoms with Crippen LogP contribution in [0.25, 0.3) is 11.0 Å². The van der Waals surface area contributed by atoms with E-state index in [4.69, 9.17) is 9.15 Å². The van der Waals surface area contributed by atoms with Crippen LogP contribution in [0.4, 0.5) is 11.4 Å². The molecule has 0 saturated carbocycles. The van der Waals surface area contributed by atoms with Gasteiger partial charge in [-0.1, -0.05) is 12.1 Å². The third-order valence-electron chi connectivity index (χ3n) is 5.35. The minimum Gasteiger partial charge on any atom is -0.484 e. The van der Waals surface area contributed by atoms with E-state index < -0.39 is 0 Å². The van der Waals surface area contributed by atoms with Gasteiger partial charge in [-0.2, -0.15) is 0 Å². The van der Waals surface area contributed by atoms with Crippen LogP contribution < -0.4 is 25.7 Å². The number of ether oxygens (including phenoxy) is 1. The highest BCUT2D eigenvalue weighted by molar-refractivity contribution is 6.04. The second kappa shape index (κ2) is 10.6. The van der Waals surface area contributed by atoms with Crippen molar-refractivity contribution in [1.29, 1.82) is 0 Å². The summed E-state index contributed by atoms with van der Waals surface area (Å²) in [5.74, 6) is -0.0573. The highest BCUT2D eigenvalue weighted by Gasteiger charge is 2.08. The molecule has 1 heterocycles. The molecule has 0 aliphatic rings. The smallest absolute Gasteiger partial charge is 0.258 e. The molecule has 0 spiro atoms. The maximum absolute atomic E-state index is 12.5. The second-order valence-electron chi connectivity index (χ2n) is 8.10. The number of amides is 2. The highest BCUT2D eigenvalue weighted by atomic mass is 16.5. The summed E-state index contributed by atoms with van der Waals surface area (Å²) in [5, 5.41) is 6.10. The number of nitrogens with one attached hydrogen (secondary N) is 2. The Morgan fingerprint density at radius 1 is 0.943 bits per heavy atom. The molecular formula is C27H25N3O5. The van der Waals surface area contributed by atoms with Crippen LogP contribution in [0.1, 0.15) is 15.9 Å². The zero-order valence-corrected chi connectivity index (χ0v) is 19.4. The second-order valence-corrected chi connectivity index (χ2v) is 8.10. The molecule has 8 nitrogen and oxygen atoms in total. The van der Waals surface area contributed by atoms with Crippen molar-refractivity contribution < 1.29 is 18.7 Å². The maximum atomic E-state index is 12.5. The molecule has 0 bridgehead atoms. The van der Waals surface area contributed by atoms with Gasteiger partial charge in [0.2, 0.25) is 0 Å². The first-order valence-electron chi connectivity index (χ1n) is 11.0. The quantitative estimate of drug-likeness (QED) is 0.405. The first kappa shape index (κ1) is 23.6. The molecule has 2 amide bonds. The summed E-state index contributed by atoms with van der Waals surface area (Å²) in [6.45, 7) is 0.137. The van der Waals surface area contributed by atoms with Gasteiger partial charge in [-0.3, -0.25) is 14.4 Å². The average Bonchev–Trinajstić information content (AvgIpc) is 2.87. The lowest BCUT2D eigenvalue weighted by molar-refractivity contribution is -0.123. The Labute approximate surface area is 202 Å². The van der Waals surface area contributed by atoms with Crippen LogP contribution in [-0.4, -0.2) is 32.5 Å². The third-order valence-corrected chi connectivity index (χ3v) is 5.35. The zero-order valence-electron chi connectivity index (χ0n) is 19.4. The molecule has 0 unspecified atom stereocenters. The summed E-state index contributed by atoms with van der Waals surface area (Å²) in [6.07, 6.45) is 1.32. The normalized spacial score (nSPS) is 10.6. The van der Waals surface area contributed by atoms with Gasteiger partial charge >= 0.3 is 0 Å². The van der Waals surface area contributed by atoms with Crippen LogP contribution in [-0.2, 0) is 11.3 Å². The SMILES string of the molecule is CN(C)c1ccc(C(=O)Nc2ccc(CNC(=O)COc3ccc4c(=O)ccoc4c3)cc2)cc1. The predicted octanol–water partition coefficient (Wildman–Crippen LogP) is 3.81. The summed E-state index contributed by atoms with van der Waals surface area (Å²) >= 11 is 0. The van der Waals surface area contributed by atoms with E-state index in [2.05, 4.69) is 10.6 Å². The van der Waals surface area contributed by atoms with Gasteiger partial charge in [0.25, 0.3) is 11.8 Å². The van der Waals surface area contributed by atoms with E-state index in [1.54, 1.807) is 42.5 Å². The number of nitrogens with zero attached hydrogens (tertiary/aromatic N) is 1. The molecule has 0 saturated heterocycles. The van der Waals surface area contributed by atoms with Crippen molar-refractivity contribution in [3.05, 3.63) is 100 Å². The Hall–Kier alpha value is -4.59. The largest absolute Gasteiger partial charge is 0.484 e. The third kappa shape index (κ3) is 6.05. The molecule has 0 radical (unpaired) electrons. The first-order chi connectivity index (χ1) is 16.9.